The van der Waals surface area contributed by atoms with E-state index in [9.17, 15) is 9.59 Å². The van der Waals surface area contributed by atoms with E-state index in [1.807, 2.05) is 44.2 Å². The Morgan fingerprint density at radius 3 is 2.54 bits per heavy atom. The van der Waals surface area contributed by atoms with Crippen LogP contribution >= 0.6 is 11.8 Å². The first-order valence-electron chi connectivity index (χ1n) is 9.01. The lowest BCUT2D eigenvalue weighted by atomic mass is 9.84. The van der Waals surface area contributed by atoms with Crippen molar-refractivity contribution in [1.82, 2.24) is 9.97 Å². The molecule has 0 atom stereocenters. The SMILES string of the molecule is CC.CC(C)(C(N)=O)c1ccnc(-c2cc3cc(SCC(=O)O)ccc3[nH]2)c1. The van der Waals surface area contributed by atoms with Crippen LogP contribution in [0.1, 0.15) is 33.3 Å². The van der Waals surface area contributed by atoms with Crippen molar-refractivity contribution >= 4 is 34.5 Å². The predicted molar refractivity (Wildman–Crippen MR) is 113 cm³/mol. The summed E-state index contributed by atoms with van der Waals surface area (Å²) in [6, 6.07) is 11.4. The number of aromatic amines is 1. The minimum absolute atomic E-state index is 0.0224. The maximum absolute atomic E-state index is 11.7. The van der Waals surface area contributed by atoms with E-state index in [4.69, 9.17) is 10.8 Å². The van der Waals surface area contributed by atoms with Gasteiger partial charge in [0.15, 0.2) is 0 Å². The molecule has 0 fully saturated rings. The highest BCUT2D eigenvalue weighted by molar-refractivity contribution is 8.00. The molecule has 148 valence electrons. The van der Waals surface area contributed by atoms with Gasteiger partial charge in [-0.1, -0.05) is 13.8 Å². The van der Waals surface area contributed by atoms with E-state index in [-0.39, 0.29) is 5.75 Å². The second kappa shape index (κ2) is 8.93. The third-order valence-electron chi connectivity index (χ3n) is 4.33. The topological polar surface area (TPSA) is 109 Å². The molecule has 0 bridgehead atoms. The maximum atomic E-state index is 11.7. The van der Waals surface area contributed by atoms with Gasteiger partial charge in [-0.05, 0) is 55.8 Å². The zero-order valence-electron chi connectivity index (χ0n) is 16.4. The molecule has 1 amide bonds. The second-order valence-corrected chi connectivity index (χ2v) is 7.58. The average molecular weight is 400 g/mol. The van der Waals surface area contributed by atoms with Crippen LogP contribution in [0, 0.1) is 0 Å². The number of nitrogens with one attached hydrogen (secondary N) is 1. The molecule has 0 aliphatic carbocycles. The molecule has 0 radical (unpaired) electrons. The molecule has 2 heterocycles. The van der Waals surface area contributed by atoms with Crippen LogP contribution in [0.2, 0.25) is 0 Å². The Hall–Kier alpha value is -2.80. The van der Waals surface area contributed by atoms with Crippen molar-refractivity contribution < 1.29 is 14.7 Å². The summed E-state index contributed by atoms with van der Waals surface area (Å²) in [4.78, 5) is 31.0. The number of carboxylic acid groups (broad SMARTS) is 1. The number of carboxylic acids is 1. The lowest BCUT2D eigenvalue weighted by Crippen LogP contribution is -2.35. The minimum atomic E-state index is -0.845. The van der Waals surface area contributed by atoms with Gasteiger partial charge >= 0.3 is 5.97 Å². The summed E-state index contributed by atoms with van der Waals surface area (Å²) in [6.07, 6.45) is 1.66. The molecule has 4 N–H and O–H groups in total. The summed E-state index contributed by atoms with van der Waals surface area (Å²) < 4.78 is 0. The Bertz CT molecular complexity index is 995. The predicted octanol–water partition coefficient (Wildman–Crippen LogP) is 4.20. The van der Waals surface area contributed by atoms with Crippen LogP contribution in [0.5, 0.6) is 0 Å². The van der Waals surface area contributed by atoms with Crippen LogP contribution in [-0.2, 0) is 15.0 Å². The molecule has 28 heavy (non-hydrogen) atoms. The Morgan fingerprint density at radius 2 is 1.89 bits per heavy atom. The number of rotatable bonds is 6. The normalized spacial score (nSPS) is 11.0. The molecule has 7 heteroatoms. The van der Waals surface area contributed by atoms with Crippen molar-refractivity contribution in [1.29, 1.82) is 0 Å². The van der Waals surface area contributed by atoms with Crippen molar-refractivity contribution in [2.45, 2.75) is 38.0 Å². The van der Waals surface area contributed by atoms with E-state index < -0.39 is 17.3 Å². The number of aliphatic carboxylic acids is 1. The molecular formula is C21H25N3O3S. The smallest absolute Gasteiger partial charge is 0.313 e. The summed E-state index contributed by atoms with van der Waals surface area (Å²) in [7, 11) is 0. The van der Waals surface area contributed by atoms with E-state index in [0.717, 1.165) is 27.1 Å². The number of aromatic nitrogens is 2. The molecule has 0 aliphatic heterocycles. The Kier molecular flexibility index (Phi) is 6.85. The second-order valence-electron chi connectivity index (χ2n) is 6.53. The number of benzene rings is 1. The van der Waals surface area contributed by atoms with Gasteiger partial charge in [0.25, 0.3) is 0 Å². The van der Waals surface area contributed by atoms with Crippen molar-refractivity contribution in [3.05, 3.63) is 48.2 Å². The molecule has 1 aromatic carbocycles. The van der Waals surface area contributed by atoms with Crippen LogP contribution in [0.15, 0.2) is 47.5 Å². The quantitative estimate of drug-likeness (QED) is 0.538. The van der Waals surface area contributed by atoms with E-state index in [2.05, 4.69) is 9.97 Å². The van der Waals surface area contributed by atoms with Gasteiger partial charge in [-0.25, -0.2) is 0 Å². The molecule has 0 saturated heterocycles. The van der Waals surface area contributed by atoms with E-state index in [1.54, 1.807) is 26.1 Å². The van der Waals surface area contributed by atoms with Gasteiger partial charge in [0.1, 0.15) is 0 Å². The number of nitrogens with zero attached hydrogens (tertiary/aromatic N) is 1. The summed E-state index contributed by atoms with van der Waals surface area (Å²) in [5.41, 5.74) is 7.99. The molecular weight excluding hydrogens is 374 g/mol. The van der Waals surface area contributed by atoms with Crippen LogP contribution in [0.4, 0.5) is 0 Å². The summed E-state index contributed by atoms with van der Waals surface area (Å²) in [6.45, 7) is 7.57. The van der Waals surface area contributed by atoms with Gasteiger partial charge in [-0.15, -0.1) is 11.8 Å². The summed E-state index contributed by atoms with van der Waals surface area (Å²) in [5, 5.41) is 9.77. The van der Waals surface area contributed by atoms with Crippen LogP contribution < -0.4 is 5.73 Å². The lowest BCUT2D eigenvalue weighted by molar-refractivity contribution is -0.134. The van der Waals surface area contributed by atoms with Crippen molar-refractivity contribution in [3.63, 3.8) is 0 Å². The third kappa shape index (κ3) is 4.72. The number of hydrogen-bond donors (Lipinski definition) is 3. The number of carbonyl (C=O) groups is 2. The summed E-state index contributed by atoms with van der Waals surface area (Å²) in [5.74, 6) is -1.22. The first-order valence-corrected chi connectivity index (χ1v) is 10.00. The molecule has 2 aromatic heterocycles. The van der Waals surface area contributed by atoms with Gasteiger partial charge in [-0.3, -0.25) is 14.6 Å². The molecule has 0 unspecified atom stereocenters. The van der Waals surface area contributed by atoms with Crippen molar-refractivity contribution in [2.24, 2.45) is 5.73 Å². The minimum Gasteiger partial charge on any atom is -0.481 e. The maximum Gasteiger partial charge on any atom is 0.313 e. The average Bonchev–Trinajstić information content (AvgIpc) is 3.11. The zero-order valence-corrected chi connectivity index (χ0v) is 17.3. The Labute approximate surface area is 168 Å². The van der Waals surface area contributed by atoms with Gasteiger partial charge in [0.05, 0.1) is 22.6 Å². The molecule has 3 rings (SSSR count). The Morgan fingerprint density at radius 1 is 1.18 bits per heavy atom. The molecule has 0 saturated carbocycles. The fraction of sp³-hybridized carbons (Fsp3) is 0.286. The number of amides is 1. The van der Waals surface area contributed by atoms with E-state index >= 15 is 0 Å². The molecule has 6 nitrogen and oxygen atoms in total. The zero-order chi connectivity index (χ0) is 20.9. The van der Waals surface area contributed by atoms with Crippen LogP contribution in [-0.4, -0.2) is 32.7 Å². The Balaban J connectivity index is 0.00000136. The monoisotopic (exact) mass is 399 g/mol. The number of carbonyl (C=O) groups excluding carboxylic acids is 1. The third-order valence-corrected chi connectivity index (χ3v) is 5.31. The van der Waals surface area contributed by atoms with E-state index in [0.29, 0.717) is 5.69 Å². The number of nitrogens with two attached hydrogens (primary N) is 1. The summed E-state index contributed by atoms with van der Waals surface area (Å²) >= 11 is 1.28. The van der Waals surface area contributed by atoms with Gasteiger partial charge in [0, 0.05) is 22.0 Å². The van der Waals surface area contributed by atoms with Gasteiger partial charge in [0.2, 0.25) is 5.91 Å². The van der Waals surface area contributed by atoms with Gasteiger partial charge in [-0.2, -0.15) is 0 Å². The first-order chi connectivity index (χ1) is 13.3. The number of H-pyrrole nitrogens is 1. The van der Waals surface area contributed by atoms with Crippen LogP contribution in [0.25, 0.3) is 22.3 Å². The van der Waals surface area contributed by atoms with Gasteiger partial charge < -0.3 is 15.8 Å². The molecule has 0 spiro atoms. The largest absolute Gasteiger partial charge is 0.481 e. The number of primary amides is 1. The highest BCUT2D eigenvalue weighted by Gasteiger charge is 2.27. The van der Waals surface area contributed by atoms with E-state index in [1.165, 1.54) is 11.8 Å². The highest BCUT2D eigenvalue weighted by Crippen LogP contribution is 2.30. The highest BCUT2D eigenvalue weighted by atomic mass is 32.2. The molecule has 0 aliphatic rings. The number of hydrogen-bond acceptors (Lipinski definition) is 4. The molecule has 3 aromatic rings. The lowest BCUT2D eigenvalue weighted by Gasteiger charge is -2.21. The first kappa shape index (κ1) is 21.5. The fourth-order valence-corrected chi connectivity index (χ4v) is 3.26. The van der Waals surface area contributed by atoms with Crippen molar-refractivity contribution in [2.75, 3.05) is 5.75 Å². The number of thioether (sulfide) groups is 1. The van der Waals surface area contributed by atoms with Crippen LogP contribution in [0.3, 0.4) is 0 Å². The number of pyridine rings is 1. The number of fused-ring (bicyclic) bond motifs is 1. The standard InChI is InChI=1S/C19H19N3O3S.C2H6/c1-19(2,18(20)25)12-5-6-21-15(9-12)16-8-11-7-13(26-10-17(23)24)3-4-14(11)22-16;1-2/h3-9,22H,10H2,1-2H3,(H2,20,25)(H,23,24);1-2H3. The van der Waals surface area contributed by atoms with Crippen molar-refractivity contribution in [3.8, 4) is 11.4 Å². The fourth-order valence-electron chi connectivity index (χ4n) is 2.59.